The fourth-order valence-electron chi connectivity index (χ4n) is 3.20. The van der Waals surface area contributed by atoms with Crippen LogP contribution < -0.4 is 13.8 Å². The molecule has 1 saturated heterocycles. The van der Waals surface area contributed by atoms with Crippen molar-refractivity contribution in [3.63, 3.8) is 0 Å². The molecule has 0 bridgehead atoms. The van der Waals surface area contributed by atoms with Crippen molar-refractivity contribution in [3.05, 3.63) is 42.3 Å². The van der Waals surface area contributed by atoms with Crippen molar-refractivity contribution >= 4 is 32.8 Å². The molecule has 2 aromatic carbocycles. The standard InChI is InChI=1S/C19H18N2O6S/c1-12-20-15-11-14(6-8-16(15)26-12)27-28(23,24)18-10-13(5-7-17(18)25-2)21-9-3-4-19(21)22/h5-8,10-11H,3-4,9H2,1-2H3. The average molecular weight is 402 g/mol. The van der Waals surface area contributed by atoms with Crippen LogP contribution in [0.25, 0.3) is 11.1 Å². The lowest BCUT2D eigenvalue weighted by Gasteiger charge is -2.18. The maximum atomic E-state index is 12.9. The number of benzene rings is 2. The highest BCUT2D eigenvalue weighted by molar-refractivity contribution is 7.87. The first-order chi connectivity index (χ1) is 13.4. The molecule has 1 fully saturated rings. The van der Waals surface area contributed by atoms with Crippen LogP contribution in [0.1, 0.15) is 18.7 Å². The fraction of sp³-hybridized carbons (Fsp3) is 0.263. The molecule has 28 heavy (non-hydrogen) atoms. The monoisotopic (exact) mass is 402 g/mol. The van der Waals surface area contributed by atoms with Crippen LogP contribution in [0.15, 0.2) is 45.7 Å². The first-order valence-electron chi connectivity index (χ1n) is 8.67. The summed E-state index contributed by atoms with van der Waals surface area (Å²) in [5.74, 6) is 0.667. The van der Waals surface area contributed by atoms with Gasteiger partial charge in [0.15, 0.2) is 11.5 Å². The number of hydrogen-bond acceptors (Lipinski definition) is 7. The predicted octanol–water partition coefficient (Wildman–Crippen LogP) is 3.04. The molecule has 2 heterocycles. The number of methoxy groups -OCH3 is 1. The zero-order chi connectivity index (χ0) is 19.9. The lowest BCUT2D eigenvalue weighted by Crippen LogP contribution is -2.24. The summed E-state index contributed by atoms with van der Waals surface area (Å²) in [5, 5.41) is 0. The van der Waals surface area contributed by atoms with Crippen molar-refractivity contribution in [1.29, 1.82) is 0 Å². The Bertz CT molecular complexity index is 1170. The largest absolute Gasteiger partial charge is 0.495 e. The van der Waals surface area contributed by atoms with Crippen LogP contribution in [0.4, 0.5) is 5.69 Å². The van der Waals surface area contributed by atoms with E-state index in [9.17, 15) is 13.2 Å². The molecule has 0 saturated carbocycles. The molecule has 0 unspecified atom stereocenters. The van der Waals surface area contributed by atoms with E-state index in [0.717, 1.165) is 6.42 Å². The average Bonchev–Trinajstić information content (AvgIpc) is 3.25. The second-order valence-electron chi connectivity index (χ2n) is 6.38. The van der Waals surface area contributed by atoms with Gasteiger partial charge < -0.3 is 18.2 Å². The van der Waals surface area contributed by atoms with Crippen LogP contribution in [-0.2, 0) is 14.9 Å². The Labute approximate surface area is 161 Å². The topological polar surface area (TPSA) is 98.9 Å². The van der Waals surface area contributed by atoms with Crippen LogP contribution in [0, 0.1) is 6.92 Å². The predicted molar refractivity (Wildman–Crippen MR) is 101 cm³/mol. The number of carbonyl (C=O) groups excluding carboxylic acids is 1. The summed E-state index contributed by atoms with van der Waals surface area (Å²) in [6.45, 7) is 2.25. The van der Waals surface area contributed by atoms with E-state index < -0.39 is 10.1 Å². The summed E-state index contributed by atoms with van der Waals surface area (Å²) >= 11 is 0. The van der Waals surface area contributed by atoms with E-state index in [1.54, 1.807) is 24.0 Å². The zero-order valence-corrected chi connectivity index (χ0v) is 16.2. The summed E-state index contributed by atoms with van der Waals surface area (Å²) in [7, 11) is -2.83. The van der Waals surface area contributed by atoms with Crippen molar-refractivity contribution in [2.75, 3.05) is 18.6 Å². The molecule has 4 rings (SSSR count). The van der Waals surface area contributed by atoms with Crippen LogP contribution in [-0.4, -0.2) is 33.0 Å². The molecule has 1 aromatic heterocycles. The Morgan fingerprint density at radius 1 is 1.18 bits per heavy atom. The van der Waals surface area contributed by atoms with Gasteiger partial charge in [-0.25, -0.2) is 4.98 Å². The molecule has 1 aliphatic heterocycles. The first-order valence-corrected chi connectivity index (χ1v) is 10.1. The summed E-state index contributed by atoms with van der Waals surface area (Å²) in [6, 6.07) is 9.15. The SMILES string of the molecule is COc1ccc(N2CCCC2=O)cc1S(=O)(=O)Oc1ccc2oc(C)nc2c1. The highest BCUT2D eigenvalue weighted by atomic mass is 32.2. The Hall–Kier alpha value is -3.07. The minimum atomic E-state index is -4.21. The van der Waals surface area contributed by atoms with Gasteiger partial charge in [0.2, 0.25) is 5.91 Å². The highest BCUT2D eigenvalue weighted by Gasteiger charge is 2.27. The quantitative estimate of drug-likeness (QED) is 0.605. The van der Waals surface area contributed by atoms with Crippen molar-refractivity contribution in [2.24, 2.45) is 0 Å². The lowest BCUT2D eigenvalue weighted by molar-refractivity contribution is -0.117. The minimum Gasteiger partial charge on any atom is -0.495 e. The summed E-state index contributed by atoms with van der Waals surface area (Å²) < 4.78 is 41.7. The van der Waals surface area contributed by atoms with Gasteiger partial charge in [-0.15, -0.1) is 0 Å². The van der Waals surface area contributed by atoms with Crippen molar-refractivity contribution in [3.8, 4) is 11.5 Å². The Kier molecular flexibility index (Phi) is 4.46. The number of anilines is 1. The van der Waals surface area contributed by atoms with Gasteiger partial charge in [0.1, 0.15) is 21.9 Å². The fourth-order valence-corrected chi connectivity index (χ4v) is 4.31. The van der Waals surface area contributed by atoms with E-state index in [2.05, 4.69) is 4.98 Å². The maximum Gasteiger partial charge on any atom is 0.343 e. The zero-order valence-electron chi connectivity index (χ0n) is 15.3. The van der Waals surface area contributed by atoms with Crippen LogP contribution in [0.2, 0.25) is 0 Å². The molecule has 0 radical (unpaired) electrons. The van der Waals surface area contributed by atoms with Gasteiger partial charge in [-0.05, 0) is 36.8 Å². The van der Waals surface area contributed by atoms with Gasteiger partial charge in [0.05, 0.1) is 7.11 Å². The van der Waals surface area contributed by atoms with Crippen molar-refractivity contribution < 1.29 is 26.5 Å². The summed E-state index contributed by atoms with van der Waals surface area (Å²) in [6.07, 6.45) is 1.18. The molecule has 1 aliphatic rings. The summed E-state index contributed by atoms with van der Waals surface area (Å²) in [5.41, 5.74) is 1.52. The van der Waals surface area contributed by atoms with Gasteiger partial charge in [0.25, 0.3) is 0 Å². The number of hydrogen-bond donors (Lipinski definition) is 0. The number of aromatic nitrogens is 1. The normalized spacial score (nSPS) is 14.6. The smallest absolute Gasteiger partial charge is 0.343 e. The molecular weight excluding hydrogens is 384 g/mol. The number of oxazole rings is 1. The molecule has 9 heteroatoms. The first kappa shape index (κ1) is 18.3. The number of aryl methyl sites for hydroxylation is 1. The molecule has 0 atom stereocenters. The molecular formula is C19H18N2O6S. The Morgan fingerprint density at radius 3 is 2.71 bits per heavy atom. The van der Waals surface area contributed by atoms with E-state index in [1.165, 1.54) is 31.4 Å². The molecule has 0 aliphatic carbocycles. The third-order valence-corrected chi connectivity index (χ3v) is 5.74. The Morgan fingerprint density at radius 2 is 2.00 bits per heavy atom. The second kappa shape index (κ2) is 6.83. The highest BCUT2D eigenvalue weighted by Crippen LogP contribution is 2.33. The number of rotatable bonds is 5. The summed E-state index contributed by atoms with van der Waals surface area (Å²) in [4.78, 5) is 17.6. The van der Waals surface area contributed by atoms with Gasteiger partial charge in [-0.3, -0.25) is 4.79 Å². The van der Waals surface area contributed by atoms with E-state index in [1.807, 2.05) is 0 Å². The van der Waals surface area contributed by atoms with E-state index in [4.69, 9.17) is 13.3 Å². The number of fused-ring (bicyclic) bond motifs is 1. The third-order valence-electron chi connectivity index (χ3n) is 4.47. The van der Waals surface area contributed by atoms with Crippen LogP contribution >= 0.6 is 0 Å². The van der Waals surface area contributed by atoms with Crippen molar-refractivity contribution in [2.45, 2.75) is 24.7 Å². The van der Waals surface area contributed by atoms with Crippen molar-refractivity contribution in [1.82, 2.24) is 4.98 Å². The van der Waals surface area contributed by atoms with Crippen LogP contribution in [0.3, 0.4) is 0 Å². The number of carbonyl (C=O) groups is 1. The van der Waals surface area contributed by atoms with Gasteiger partial charge in [0, 0.05) is 31.6 Å². The molecule has 1 amide bonds. The van der Waals surface area contributed by atoms with Crippen LogP contribution in [0.5, 0.6) is 11.5 Å². The molecule has 0 spiro atoms. The van der Waals surface area contributed by atoms with E-state index in [0.29, 0.717) is 35.6 Å². The minimum absolute atomic E-state index is 0.0405. The van der Waals surface area contributed by atoms with E-state index >= 15 is 0 Å². The molecule has 0 N–H and O–H groups in total. The second-order valence-corrected chi connectivity index (χ2v) is 7.90. The van der Waals surface area contributed by atoms with Gasteiger partial charge >= 0.3 is 10.1 Å². The maximum absolute atomic E-state index is 12.9. The number of ether oxygens (including phenoxy) is 1. The number of amides is 1. The third kappa shape index (κ3) is 3.29. The lowest BCUT2D eigenvalue weighted by atomic mass is 10.3. The molecule has 3 aromatic rings. The van der Waals surface area contributed by atoms with E-state index in [-0.39, 0.29) is 22.3 Å². The number of nitrogens with zero attached hydrogens (tertiary/aromatic N) is 2. The molecule has 146 valence electrons. The van der Waals surface area contributed by atoms with Gasteiger partial charge in [-0.2, -0.15) is 8.42 Å². The molecule has 8 nitrogen and oxygen atoms in total. The van der Waals surface area contributed by atoms with Gasteiger partial charge in [-0.1, -0.05) is 0 Å². The Balaban J connectivity index is 1.71.